The fraction of sp³-hybridized carbons (Fsp3) is 0.625. The third kappa shape index (κ3) is 6.95. The molecule has 1 aromatic rings. The number of aryl methyl sites for hydroxylation is 1. The Morgan fingerprint density at radius 2 is 2.05 bits per heavy atom. The van der Waals surface area contributed by atoms with Crippen LogP contribution in [0.4, 0.5) is 0 Å². The minimum absolute atomic E-state index is 0. The molecule has 1 fully saturated rings. The van der Waals surface area contributed by atoms with Crippen molar-refractivity contribution in [3.63, 3.8) is 0 Å². The van der Waals surface area contributed by atoms with E-state index in [4.69, 9.17) is 0 Å². The Balaban J connectivity index is 0.00000220. The molecule has 4 nitrogen and oxygen atoms in total. The van der Waals surface area contributed by atoms with E-state index in [-0.39, 0.29) is 30.7 Å². The molecule has 1 amide bonds. The van der Waals surface area contributed by atoms with E-state index in [0.717, 1.165) is 50.5 Å². The number of carbonyl (C=O) groups excluding carboxylic acids is 1. The maximum Gasteiger partial charge on any atom is 0.222 e. The average molecular weight is 348 g/mol. The number of hydrogen-bond acceptors (Lipinski definition) is 3. The van der Waals surface area contributed by atoms with Gasteiger partial charge in [-0.15, -0.1) is 24.8 Å². The lowest BCUT2D eigenvalue weighted by Gasteiger charge is -2.32. The van der Waals surface area contributed by atoms with Crippen LogP contribution in [0.1, 0.15) is 31.4 Å². The summed E-state index contributed by atoms with van der Waals surface area (Å²) in [6, 6.07) is 5.86. The van der Waals surface area contributed by atoms with Gasteiger partial charge in [0.2, 0.25) is 5.91 Å². The van der Waals surface area contributed by atoms with Gasteiger partial charge in [-0.2, -0.15) is 0 Å². The van der Waals surface area contributed by atoms with E-state index in [0.29, 0.717) is 6.42 Å². The van der Waals surface area contributed by atoms with Gasteiger partial charge in [-0.05, 0) is 57.3 Å². The first-order chi connectivity index (χ1) is 9.79. The van der Waals surface area contributed by atoms with Gasteiger partial charge in [0.15, 0.2) is 0 Å². The number of nitrogens with zero attached hydrogens (tertiary/aromatic N) is 2. The molecule has 0 aromatic carbocycles. The molecular weight excluding hydrogens is 321 g/mol. The Hall–Kier alpha value is -0.840. The second-order valence-electron chi connectivity index (χ2n) is 5.54. The number of carbonyl (C=O) groups is 1. The van der Waals surface area contributed by atoms with Crippen LogP contribution in [0.25, 0.3) is 0 Å². The van der Waals surface area contributed by atoms with Crippen LogP contribution in [-0.2, 0) is 11.2 Å². The molecule has 2 rings (SSSR count). The van der Waals surface area contributed by atoms with Crippen molar-refractivity contribution in [2.75, 3.05) is 26.7 Å². The largest absolute Gasteiger partial charge is 0.343 e. The lowest BCUT2D eigenvalue weighted by molar-refractivity contribution is -0.132. The van der Waals surface area contributed by atoms with E-state index >= 15 is 0 Å². The summed E-state index contributed by atoms with van der Waals surface area (Å²) in [5.41, 5.74) is 1.00. The molecule has 0 spiro atoms. The van der Waals surface area contributed by atoms with Crippen LogP contribution in [0, 0.1) is 5.92 Å². The summed E-state index contributed by atoms with van der Waals surface area (Å²) in [5.74, 6) is 1.06. The second kappa shape index (κ2) is 11.7. The summed E-state index contributed by atoms with van der Waals surface area (Å²) in [4.78, 5) is 18.5. The van der Waals surface area contributed by atoms with Gasteiger partial charge in [0.05, 0.1) is 0 Å². The molecule has 1 aliphatic rings. The number of nitrogens with one attached hydrogen (secondary N) is 1. The van der Waals surface area contributed by atoms with Crippen LogP contribution >= 0.6 is 24.8 Å². The fourth-order valence-electron chi connectivity index (χ4n) is 2.76. The third-order valence-electron chi connectivity index (χ3n) is 4.09. The SMILES string of the molecule is CNCCC1CCN(C(=O)CCc2ccccn2)CC1.Cl.Cl. The molecule has 0 unspecified atom stereocenters. The average Bonchev–Trinajstić information content (AvgIpc) is 2.52. The summed E-state index contributed by atoms with van der Waals surface area (Å²) in [7, 11) is 2.00. The zero-order valence-corrected chi connectivity index (χ0v) is 14.8. The predicted molar refractivity (Wildman–Crippen MR) is 94.9 cm³/mol. The first-order valence-electron chi connectivity index (χ1n) is 7.62. The molecule has 2 heterocycles. The van der Waals surface area contributed by atoms with Crippen molar-refractivity contribution in [2.24, 2.45) is 5.92 Å². The minimum Gasteiger partial charge on any atom is -0.343 e. The number of pyridine rings is 1. The predicted octanol–water partition coefficient (Wildman–Crippen LogP) is 2.71. The second-order valence-corrected chi connectivity index (χ2v) is 5.54. The lowest BCUT2D eigenvalue weighted by Crippen LogP contribution is -2.39. The van der Waals surface area contributed by atoms with E-state index in [1.54, 1.807) is 6.20 Å². The molecule has 0 aliphatic carbocycles. The van der Waals surface area contributed by atoms with Crippen molar-refractivity contribution in [3.05, 3.63) is 30.1 Å². The number of amides is 1. The number of halogens is 2. The zero-order chi connectivity index (χ0) is 14.2. The van der Waals surface area contributed by atoms with E-state index < -0.39 is 0 Å². The summed E-state index contributed by atoms with van der Waals surface area (Å²) in [6.07, 6.45) is 6.64. The van der Waals surface area contributed by atoms with Gasteiger partial charge < -0.3 is 10.2 Å². The smallest absolute Gasteiger partial charge is 0.222 e. The van der Waals surface area contributed by atoms with Crippen LogP contribution in [0.3, 0.4) is 0 Å². The van der Waals surface area contributed by atoms with Crippen LogP contribution in [0.15, 0.2) is 24.4 Å². The van der Waals surface area contributed by atoms with E-state index in [1.807, 2.05) is 30.1 Å². The molecule has 1 N–H and O–H groups in total. The normalized spacial score (nSPS) is 14.9. The Morgan fingerprint density at radius 3 is 2.64 bits per heavy atom. The monoisotopic (exact) mass is 347 g/mol. The van der Waals surface area contributed by atoms with Gasteiger partial charge in [0.1, 0.15) is 0 Å². The van der Waals surface area contributed by atoms with Crippen molar-refractivity contribution >= 4 is 30.7 Å². The van der Waals surface area contributed by atoms with Gasteiger partial charge in [0.25, 0.3) is 0 Å². The van der Waals surface area contributed by atoms with Crippen molar-refractivity contribution in [1.82, 2.24) is 15.2 Å². The molecule has 0 saturated carbocycles. The molecule has 1 aromatic heterocycles. The molecule has 1 aliphatic heterocycles. The number of piperidine rings is 1. The summed E-state index contributed by atoms with van der Waals surface area (Å²) >= 11 is 0. The number of likely N-dealkylation sites (tertiary alicyclic amines) is 1. The maximum absolute atomic E-state index is 12.2. The maximum atomic E-state index is 12.2. The Bertz CT molecular complexity index is 409. The van der Waals surface area contributed by atoms with E-state index in [2.05, 4.69) is 10.3 Å². The molecule has 1 saturated heterocycles. The highest BCUT2D eigenvalue weighted by Crippen LogP contribution is 2.20. The minimum atomic E-state index is 0. The van der Waals surface area contributed by atoms with E-state index in [9.17, 15) is 4.79 Å². The van der Waals surface area contributed by atoms with Crippen LogP contribution in [-0.4, -0.2) is 42.5 Å². The highest BCUT2D eigenvalue weighted by molar-refractivity contribution is 5.85. The fourth-order valence-corrected chi connectivity index (χ4v) is 2.76. The van der Waals surface area contributed by atoms with Crippen molar-refractivity contribution < 1.29 is 4.79 Å². The van der Waals surface area contributed by atoms with Crippen molar-refractivity contribution in [3.8, 4) is 0 Å². The van der Waals surface area contributed by atoms with Gasteiger partial charge in [-0.1, -0.05) is 6.07 Å². The highest BCUT2D eigenvalue weighted by atomic mass is 35.5. The van der Waals surface area contributed by atoms with Gasteiger partial charge in [0, 0.05) is 31.4 Å². The molecular formula is C16H27Cl2N3O. The topological polar surface area (TPSA) is 45.2 Å². The number of hydrogen-bond donors (Lipinski definition) is 1. The Labute approximate surface area is 145 Å². The molecule has 0 bridgehead atoms. The summed E-state index contributed by atoms with van der Waals surface area (Å²) < 4.78 is 0. The Morgan fingerprint density at radius 1 is 1.32 bits per heavy atom. The van der Waals surface area contributed by atoms with Gasteiger partial charge in [-0.25, -0.2) is 0 Å². The highest BCUT2D eigenvalue weighted by Gasteiger charge is 2.22. The summed E-state index contributed by atoms with van der Waals surface area (Å²) in [5, 5.41) is 3.20. The zero-order valence-electron chi connectivity index (χ0n) is 13.2. The van der Waals surface area contributed by atoms with Crippen LogP contribution < -0.4 is 5.32 Å². The van der Waals surface area contributed by atoms with Gasteiger partial charge >= 0.3 is 0 Å². The number of aromatic nitrogens is 1. The number of rotatable bonds is 6. The van der Waals surface area contributed by atoms with Crippen LogP contribution in [0.2, 0.25) is 0 Å². The standard InChI is InChI=1S/C16H25N3O.2ClH/c1-17-11-7-14-8-12-19(13-9-14)16(20)6-5-15-4-2-3-10-18-15;;/h2-4,10,14,17H,5-9,11-13H2,1H3;2*1H. The van der Waals surface area contributed by atoms with Crippen LogP contribution in [0.5, 0.6) is 0 Å². The molecule has 0 atom stereocenters. The molecule has 126 valence electrons. The van der Waals surface area contributed by atoms with Crippen molar-refractivity contribution in [1.29, 1.82) is 0 Å². The molecule has 0 radical (unpaired) electrons. The first kappa shape index (κ1) is 21.2. The van der Waals surface area contributed by atoms with Crippen molar-refractivity contribution in [2.45, 2.75) is 32.1 Å². The quantitative estimate of drug-likeness (QED) is 0.860. The Kier molecular flexibility index (Phi) is 11.2. The van der Waals surface area contributed by atoms with Gasteiger partial charge in [-0.3, -0.25) is 9.78 Å². The summed E-state index contributed by atoms with van der Waals surface area (Å²) in [6.45, 7) is 2.93. The first-order valence-corrected chi connectivity index (χ1v) is 7.62. The lowest BCUT2D eigenvalue weighted by atomic mass is 9.93. The molecule has 6 heteroatoms. The van der Waals surface area contributed by atoms with E-state index in [1.165, 1.54) is 6.42 Å². The third-order valence-corrected chi connectivity index (χ3v) is 4.09. The molecule has 22 heavy (non-hydrogen) atoms.